The Hall–Kier alpha value is -3.56. The molecule has 0 bridgehead atoms. The molecule has 0 fully saturated rings. The molecular weight excluding hydrogens is 526 g/mol. The fourth-order valence-electron chi connectivity index (χ4n) is 3.81. The minimum absolute atomic E-state index is 0.0112. The minimum atomic E-state index is -4.17. The van der Waals surface area contributed by atoms with Gasteiger partial charge in [0.25, 0.3) is 10.0 Å². The summed E-state index contributed by atoms with van der Waals surface area (Å²) >= 11 is 6.04. The summed E-state index contributed by atoms with van der Waals surface area (Å²) in [4.78, 5) is 27.9. The van der Waals surface area contributed by atoms with E-state index in [9.17, 15) is 18.0 Å². The predicted molar refractivity (Wildman–Crippen MR) is 149 cm³/mol. The molecule has 0 radical (unpaired) electrons. The lowest BCUT2D eigenvalue weighted by atomic mass is 10.1. The van der Waals surface area contributed by atoms with Gasteiger partial charge >= 0.3 is 0 Å². The van der Waals surface area contributed by atoms with E-state index >= 15 is 0 Å². The van der Waals surface area contributed by atoms with Gasteiger partial charge in [-0.3, -0.25) is 13.9 Å². The van der Waals surface area contributed by atoms with Crippen LogP contribution >= 0.6 is 11.6 Å². The molecule has 0 aliphatic rings. The Morgan fingerprint density at radius 2 is 1.58 bits per heavy atom. The number of sulfonamides is 1. The highest BCUT2D eigenvalue weighted by Crippen LogP contribution is 2.27. The molecule has 0 aromatic heterocycles. The molecule has 10 heteroatoms. The number of likely N-dealkylation sites (N-methyl/N-ethyl adjacent to an activating group) is 1. The predicted octanol–water partition coefficient (Wildman–Crippen LogP) is 4.41. The van der Waals surface area contributed by atoms with Crippen molar-refractivity contribution in [1.29, 1.82) is 0 Å². The largest absolute Gasteiger partial charge is 0.497 e. The van der Waals surface area contributed by atoms with Crippen LogP contribution in [0.4, 0.5) is 5.69 Å². The van der Waals surface area contributed by atoms with Crippen molar-refractivity contribution in [3.8, 4) is 5.75 Å². The second-order valence-electron chi connectivity index (χ2n) is 8.74. The van der Waals surface area contributed by atoms with Gasteiger partial charge in [0, 0.05) is 18.1 Å². The summed E-state index contributed by atoms with van der Waals surface area (Å²) in [6, 6.07) is 18.9. The molecular formula is C28H32ClN3O5S. The van der Waals surface area contributed by atoms with Gasteiger partial charge in [-0.1, -0.05) is 41.4 Å². The zero-order chi connectivity index (χ0) is 27.9. The topological polar surface area (TPSA) is 96.0 Å². The van der Waals surface area contributed by atoms with E-state index in [4.69, 9.17) is 16.3 Å². The van der Waals surface area contributed by atoms with Gasteiger partial charge in [-0.05, 0) is 74.9 Å². The van der Waals surface area contributed by atoms with Gasteiger partial charge in [-0.25, -0.2) is 8.42 Å². The lowest BCUT2D eigenvalue weighted by Gasteiger charge is -2.32. The van der Waals surface area contributed by atoms with E-state index in [1.165, 1.54) is 48.4 Å². The molecule has 3 rings (SSSR count). The molecule has 0 spiro atoms. The van der Waals surface area contributed by atoms with Crippen molar-refractivity contribution in [2.75, 3.05) is 24.5 Å². The zero-order valence-electron chi connectivity index (χ0n) is 21.8. The number of hydrogen-bond donors (Lipinski definition) is 1. The van der Waals surface area contributed by atoms with Crippen LogP contribution in [0, 0.1) is 6.92 Å². The van der Waals surface area contributed by atoms with Crippen LogP contribution in [0.1, 0.15) is 25.0 Å². The second-order valence-corrected chi connectivity index (χ2v) is 11.0. The van der Waals surface area contributed by atoms with Crippen molar-refractivity contribution < 1.29 is 22.7 Å². The number of halogens is 1. The first-order chi connectivity index (χ1) is 18.1. The zero-order valence-corrected chi connectivity index (χ0v) is 23.4. The number of benzene rings is 3. The van der Waals surface area contributed by atoms with Gasteiger partial charge < -0.3 is 15.0 Å². The highest BCUT2D eigenvalue weighted by molar-refractivity contribution is 7.92. The highest BCUT2D eigenvalue weighted by Gasteiger charge is 2.32. The summed E-state index contributed by atoms with van der Waals surface area (Å²) < 4.78 is 33.7. The summed E-state index contributed by atoms with van der Waals surface area (Å²) in [5, 5.41) is 3.17. The number of hydrogen-bond acceptors (Lipinski definition) is 5. The third kappa shape index (κ3) is 7.05. The summed E-state index contributed by atoms with van der Waals surface area (Å²) in [5.41, 5.74) is 2.14. The van der Waals surface area contributed by atoms with Gasteiger partial charge in [0.15, 0.2) is 0 Å². The van der Waals surface area contributed by atoms with Gasteiger partial charge in [0.2, 0.25) is 11.8 Å². The van der Waals surface area contributed by atoms with Crippen LogP contribution in [0.5, 0.6) is 5.75 Å². The maximum Gasteiger partial charge on any atom is 0.264 e. The third-order valence-electron chi connectivity index (χ3n) is 6.03. The Kier molecular flexibility index (Phi) is 9.77. The van der Waals surface area contributed by atoms with Crippen LogP contribution in [0.2, 0.25) is 5.02 Å². The number of nitrogens with zero attached hydrogens (tertiary/aromatic N) is 2. The van der Waals surface area contributed by atoms with Crippen LogP contribution in [-0.2, 0) is 26.2 Å². The third-order valence-corrected chi connectivity index (χ3v) is 8.07. The molecule has 0 heterocycles. The number of anilines is 1. The standard InChI is InChI=1S/C28H32ClN3O5S/c1-5-30-28(34)21(3)31(18-22-8-6-20(2)7-9-22)27(33)19-32(24-12-10-23(29)11-13-24)38(35,36)26-16-14-25(37-4)15-17-26/h6-17,21H,5,18-19H2,1-4H3,(H,30,34)/t21-/m0/s1. The van der Waals surface area contributed by atoms with Crippen molar-refractivity contribution >= 4 is 39.1 Å². The molecule has 3 aromatic rings. The molecule has 0 unspecified atom stereocenters. The molecule has 0 aliphatic heterocycles. The van der Waals surface area contributed by atoms with Gasteiger partial charge in [0.05, 0.1) is 17.7 Å². The summed E-state index contributed by atoms with van der Waals surface area (Å²) in [6.07, 6.45) is 0. The number of ether oxygens (including phenoxy) is 1. The molecule has 0 aliphatic carbocycles. The molecule has 202 valence electrons. The average Bonchev–Trinajstić information content (AvgIpc) is 2.91. The first kappa shape index (κ1) is 29.0. The van der Waals surface area contributed by atoms with E-state index in [-0.39, 0.29) is 23.0 Å². The van der Waals surface area contributed by atoms with E-state index in [1.54, 1.807) is 26.0 Å². The molecule has 1 N–H and O–H groups in total. The van der Waals surface area contributed by atoms with Crippen LogP contribution in [-0.4, -0.2) is 51.4 Å². The van der Waals surface area contributed by atoms with Gasteiger partial charge in [-0.15, -0.1) is 0 Å². The van der Waals surface area contributed by atoms with Crippen molar-refractivity contribution in [2.24, 2.45) is 0 Å². The lowest BCUT2D eigenvalue weighted by molar-refractivity contribution is -0.139. The minimum Gasteiger partial charge on any atom is -0.497 e. The van der Waals surface area contributed by atoms with Crippen molar-refractivity contribution in [3.63, 3.8) is 0 Å². The number of aryl methyl sites for hydroxylation is 1. The molecule has 0 saturated heterocycles. The van der Waals surface area contributed by atoms with Crippen molar-refractivity contribution in [2.45, 2.75) is 38.3 Å². The Labute approximate surface area is 229 Å². The second kappa shape index (κ2) is 12.8. The maximum absolute atomic E-state index is 13.8. The average molecular weight is 558 g/mol. The van der Waals surface area contributed by atoms with Crippen LogP contribution in [0.15, 0.2) is 77.7 Å². The van der Waals surface area contributed by atoms with Crippen LogP contribution in [0.3, 0.4) is 0 Å². The smallest absolute Gasteiger partial charge is 0.264 e. The van der Waals surface area contributed by atoms with Crippen molar-refractivity contribution in [3.05, 3.63) is 88.9 Å². The fraction of sp³-hybridized carbons (Fsp3) is 0.286. The molecule has 2 amide bonds. The summed E-state index contributed by atoms with van der Waals surface area (Å²) in [5.74, 6) is -0.363. The Morgan fingerprint density at radius 1 is 0.974 bits per heavy atom. The number of methoxy groups -OCH3 is 1. The highest BCUT2D eigenvalue weighted by atomic mass is 35.5. The van der Waals surface area contributed by atoms with Gasteiger partial charge in [-0.2, -0.15) is 0 Å². The normalized spacial score (nSPS) is 11.9. The first-order valence-electron chi connectivity index (χ1n) is 12.1. The molecule has 3 aromatic carbocycles. The first-order valence-corrected chi connectivity index (χ1v) is 13.9. The van der Waals surface area contributed by atoms with Gasteiger partial charge in [0.1, 0.15) is 18.3 Å². The Bertz CT molecular complexity index is 1340. The van der Waals surface area contributed by atoms with E-state index < -0.39 is 28.5 Å². The number of rotatable bonds is 11. The van der Waals surface area contributed by atoms with E-state index in [1.807, 2.05) is 31.2 Å². The van der Waals surface area contributed by atoms with E-state index in [0.29, 0.717) is 17.3 Å². The van der Waals surface area contributed by atoms with Crippen LogP contribution in [0.25, 0.3) is 0 Å². The number of nitrogens with one attached hydrogen (secondary N) is 1. The quantitative estimate of drug-likeness (QED) is 0.377. The van der Waals surface area contributed by atoms with Crippen molar-refractivity contribution in [1.82, 2.24) is 10.2 Å². The fourth-order valence-corrected chi connectivity index (χ4v) is 5.35. The number of amides is 2. The Morgan fingerprint density at radius 3 is 2.13 bits per heavy atom. The van der Waals surface area contributed by atoms with E-state index in [2.05, 4.69) is 5.32 Å². The molecule has 1 atom stereocenters. The number of carbonyl (C=O) groups is 2. The molecule has 38 heavy (non-hydrogen) atoms. The van der Waals surface area contributed by atoms with Crippen LogP contribution < -0.4 is 14.4 Å². The SMILES string of the molecule is CCNC(=O)[C@H](C)N(Cc1ccc(C)cc1)C(=O)CN(c1ccc(Cl)cc1)S(=O)(=O)c1ccc(OC)cc1. The summed E-state index contributed by atoms with van der Waals surface area (Å²) in [6.45, 7) is 5.39. The summed E-state index contributed by atoms with van der Waals surface area (Å²) in [7, 11) is -2.68. The molecule has 8 nitrogen and oxygen atoms in total. The monoisotopic (exact) mass is 557 g/mol. The lowest BCUT2D eigenvalue weighted by Crippen LogP contribution is -2.51. The molecule has 0 saturated carbocycles. The maximum atomic E-state index is 13.8. The van der Waals surface area contributed by atoms with E-state index in [0.717, 1.165) is 15.4 Å². The Balaban J connectivity index is 2.01. The number of carbonyl (C=O) groups excluding carboxylic acids is 2.